The van der Waals surface area contributed by atoms with Crippen LogP contribution in [0.1, 0.15) is 24.2 Å². The Labute approximate surface area is 117 Å². The molecule has 0 saturated heterocycles. The van der Waals surface area contributed by atoms with Crippen LogP contribution in [0.25, 0.3) is 0 Å². The molecule has 0 unspecified atom stereocenters. The molecule has 104 valence electrons. The summed E-state index contributed by atoms with van der Waals surface area (Å²) < 4.78 is 0. The van der Waals surface area contributed by atoms with Crippen LogP contribution >= 0.6 is 11.6 Å². The number of hydrogen-bond acceptors (Lipinski definition) is 3. The summed E-state index contributed by atoms with van der Waals surface area (Å²) in [7, 11) is 1.54. The SMILES string of the molecule is CNC(=O)C(C)(C)CNC(=O)c1cc(O)ccc1Cl. The smallest absolute Gasteiger partial charge is 0.252 e. The molecule has 0 bridgehead atoms. The van der Waals surface area contributed by atoms with Crippen molar-refractivity contribution in [2.75, 3.05) is 13.6 Å². The molecule has 1 rings (SSSR count). The summed E-state index contributed by atoms with van der Waals surface area (Å²) in [5, 5.41) is 14.7. The van der Waals surface area contributed by atoms with E-state index in [0.29, 0.717) is 0 Å². The van der Waals surface area contributed by atoms with Gasteiger partial charge in [0.2, 0.25) is 5.91 Å². The van der Waals surface area contributed by atoms with Gasteiger partial charge in [-0.3, -0.25) is 9.59 Å². The van der Waals surface area contributed by atoms with E-state index in [1.807, 2.05) is 0 Å². The van der Waals surface area contributed by atoms with Gasteiger partial charge in [-0.2, -0.15) is 0 Å². The van der Waals surface area contributed by atoms with Crippen molar-refractivity contribution in [2.45, 2.75) is 13.8 Å². The Bertz CT molecular complexity index is 501. The summed E-state index contributed by atoms with van der Waals surface area (Å²) in [5.41, 5.74) is -0.553. The van der Waals surface area contributed by atoms with Crippen LogP contribution in [-0.2, 0) is 4.79 Å². The van der Waals surface area contributed by atoms with E-state index in [1.165, 1.54) is 25.2 Å². The van der Waals surface area contributed by atoms with Gasteiger partial charge in [0.05, 0.1) is 16.0 Å². The number of phenolic OH excluding ortho intramolecular Hbond substituents is 1. The van der Waals surface area contributed by atoms with Gasteiger partial charge in [0, 0.05) is 13.6 Å². The zero-order valence-electron chi connectivity index (χ0n) is 11.1. The summed E-state index contributed by atoms with van der Waals surface area (Å²) in [5.74, 6) is -0.646. The van der Waals surface area contributed by atoms with Crippen molar-refractivity contribution >= 4 is 23.4 Å². The molecular formula is C13H17ClN2O3. The van der Waals surface area contributed by atoms with E-state index in [2.05, 4.69) is 10.6 Å². The van der Waals surface area contributed by atoms with Gasteiger partial charge < -0.3 is 15.7 Å². The minimum absolute atomic E-state index is 0.0416. The molecule has 0 saturated carbocycles. The minimum atomic E-state index is -0.728. The molecule has 3 N–H and O–H groups in total. The number of phenols is 1. The fourth-order valence-electron chi connectivity index (χ4n) is 1.50. The molecule has 0 spiro atoms. The highest BCUT2D eigenvalue weighted by molar-refractivity contribution is 6.33. The van der Waals surface area contributed by atoms with Gasteiger partial charge in [-0.1, -0.05) is 11.6 Å². The second-order valence-corrected chi connectivity index (χ2v) is 5.22. The first-order valence-corrected chi connectivity index (χ1v) is 6.14. The number of carbonyl (C=O) groups excluding carboxylic acids is 2. The number of benzene rings is 1. The highest BCUT2D eigenvalue weighted by Gasteiger charge is 2.27. The van der Waals surface area contributed by atoms with Gasteiger partial charge in [-0.15, -0.1) is 0 Å². The summed E-state index contributed by atoms with van der Waals surface area (Å²) in [4.78, 5) is 23.5. The average molecular weight is 285 g/mol. The third kappa shape index (κ3) is 3.86. The van der Waals surface area contributed by atoms with Crippen molar-refractivity contribution in [1.29, 1.82) is 0 Å². The lowest BCUT2D eigenvalue weighted by atomic mass is 9.92. The van der Waals surface area contributed by atoms with Crippen molar-refractivity contribution in [3.05, 3.63) is 28.8 Å². The molecule has 0 heterocycles. The van der Waals surface area contributed by atoms with E-state index in [4.69, 9.17) is 11.6 Å². The first-order valence-electron chi connectivity index (χ1n) is 5.77. The van der Waals surface area contributed by atoms with Gasteiger partial charge in [0.1, 0.15) is 5.75 Å². The van der Waals surface area contributed by atoms with E-state index in [-0.39, 0.29) is 28.8 Å². The second-order valence-electron chi connectivity index (χ2n) is 4.81. The lowest BCUT2D eigenvalue weighted by molar-refractivity contribution is -0.128. The Kier molecular flexibility index (Phi) is 4.78. The van der Waals surface area contributed by atoms with Crippen molar-refractivity contribution in [3.63, 3.8) is 0 Å². The molecule has 0 aliphatic heterocycles. The first kappa shape index (κ1) is 15.3. The molecule has 0 aliphatic carbocycles. The summed E-state index contributed by atoms with van der Waals surface area (Å²) in [6.45, 7) is 3.60. The molecule has 1 aromatic rings. The Balaban J connectivity index is 2.76. The highest BCUT2D eigenvalue weighted by Crippen LogP contribution is 2.21. The van der Waals surface area contributed by atoms with Gasteiger partial charge in [0.15, 0.2) is 0 Å². The first-order chi connectivity index (χ1) is 8.77. The van der Waals surface area contributed by atoms with Gasteiger partial charge in [0.25, 0.3) is 5.91 Å². The largest absolute Gasteiger partial charge is 0.508 e. The number of carbonyl (C=O) groups is 2. The van der Waals surface area contributed by atoms with E-state index in [9.17, 15) is 14.7 Å². The van der Waals surface area contributed by atoms with Gasteiger partial charge in [-0.05, 0) is 32.0 Å². The van der Waals surface area contributed by atoms with E-state index >= 15 is 0 Å². The van der Waals surface area contributed by atoms with Crippen LogP contribution in [-0.4, -0.2) is 30.5 Å². The molecule has 0 aromatic heterocycles. The van der Waals surface area contributed by atoms with Crippen LogP contribution in [0.5, 0.6) is 5.75 Å². The molecule has 2 amide bonds. The number of aromatic hydroxyl groups is 1. The Morgan fingerprint density at radius 1 is 1.37 bits per heavy atom. The fraction of sp³-hybridized carbons (Fsp3) is 0.385. The quantitative estimate of drug-likeness (QED) is 0.785. The molecule has 19 heavy (non-hydrogen) atoms. The third-order valence-electron chi connectivity index (χ3n) is 2.73. The second kappa shape index (κ2) is 5.93. The predicted molar refractivity (Wildman–Crippen MR) is 73.3 cm³/mol. The molecule has 0 fully saturated rings. The predicted octanol–water partition coefficient (Wildman–Crippen LogP) is 1.55. The number of nitrogens with one attached hydrogen (secondary N) is 2. The van der Waals surface area contributed by atoms with Crippen molar-refractivity contribution in [2.24, 2.45) is 5.41 Å². The van der Waals surface area contributed by atoms with Crippen LogP contribution in [0.2, 0.25) is 5.02 Å². The van der Waals surface area contributed by atoms with Gasteiger partial charge >= 0.3 is 0 Å². The van der Waals surface area contributed by atoms with E-state index in [1.54, 1.807) is 13.8 Å². The van der Waals surface area contributed by atoms with Crippen molar-refractivity contribution < 1.29 is 14.7 Å². The maximum Gasteiger partial charge on any atom is 0.252 e. The highest BCUT2D eigenvalue weighted by atomic mass is 35.5. The lowest BCUT2D eigenvalue weighted by Crippen LogP contribution is -2.43. The number of rotatable bonds is 4. The Morgan fingerprint density at radius 3 is 2.58 bits per heavy atom. The standard InChI is InChI=1S/C13H17ClN2O3/c1-13(2,12(19)15-3)7-16-11(18)9-6-8(17)4-5-10(9)14/h4-6,17H,7H2,1-3H3,(H,15,19)(H,16,18). The normalized spacial score (nSPS) is 10.9. The molecule has 0 aliphatic rings. The van der Waals surface area contributed by atoms with E-state index in [0.717, 1.165) is 0 Å². The monoisotopic (exact) mass is 284 g/mol. The van der Waals surface area contributed by atoms with E-state index < -0.39 is 11.3 Å². The Hall–Kier alpha value is -1.75. The molecule has 0 radical (unpaired) electrons. The average Bonchev–Trinajstić information content (AvgIpc) is 2.37. The molecule has 1 aromatic carbocycles. The van der Waals surface area contributed by atoms with Crippen LogP contribution in [0.4, 0.5) is 0 Å². The lowest BCUT2D eigenvalue weighted by Gasteiger charge is -2.22. The summed E-state index contributed by atoms with van der Waals surface area (Å²) >= 11 is 5.88. The summed E-state index contributed by atoms with van der Waals surface area (Å²) in [6, 6.07) is 4.12. The zero-order chi connectivity index (χ0) is 14.6. The van der Waals surface area contributed by atoms with Crippen LogP contribution < -0.4 is 10.6 Å². The van der Waals surface area contributed by atoms with Gasteiger partial charge in [-0.25, -0.2) is 0 Å². The van der Waals surface area contributed by atoms with Crippen LogP contribution in [0, 0.1) is 5.41 Å². The number of hydrogen-bond donors (Lipinski definition) is 3. The minimum Gasteiger partial charge on any atom is -0.508 e. The third-order valence-corrected chi connectivity index (χ3v) is 3.06. The zero-order valence-corrected chi connectivity index (χ0v) is 11.8. The number of amides is 2. The maximum absolute atomic E-state index is 11.9. The molecule has 0 atom stereocenters. The van der Waals surface area contributed by atoms with Crippen molar-refractivity contribution in [1.82, 2.24) is 10.6 Å². The van der Waals surface area contributed by atoms with Crippen LogP contribution in [0.3, 0.4) is 0 Å². The summed E-state index contributed by atoms with van der Waals surface area (Å²) in [6.07, 6.45) is 0. The van der Waals surface area contributed by atoms with Crippen molar-refractivity contribution in [3.8, 4) is 5.75 Å². The fourth-order valence-corrected chi connectivity index (χ4v) is 1.71. The Morgan fingerprint density at radius 2 is 2.00 bits per heavy atom. The maximum atomic E-state index is 11.9. The molecule has 5 nitrogen and oxygen atoms in total. The molecular weight excluding hydrogens is 268 g/mol. The topological polar surface area (TPSA) is 78.4 Å². The molecule has 6 heteroatoms. The van der Waals surface area contributed by atoms with Crippen LogP contribution in [0.15, 0.2) is 18.2 Å². The number of halogens is 1.